The average Bonchev–Trinajstić information content (AvgIpc) is 2.82. The third-order valence-electron chi connectivity index (χ3n) is 3.18. The monoisotopic (exact) mass is 185 g/mol. The first-order chi connectivity index (χ1) is 6.74. The molecule has 0 spiro atoms. The van der Waals surface area contributed by atoms with Gasteiger partial charge in [0, 0.05) is 18.1 Å². The summed E-state index contributed by atoms with van der Waals surface area (Å²) < 4.78 is 0. The summed E-state index contributed by atoms with van der Waals surface area (Å²) >= 11 is 0. The standard InChI is InChI=1S/C13H15N/c1-9-3-4-13-12-6-11(12)5-10(2)8-14(13)7-9/h3-4,7-8,11H,5-6H2,1-2H3. The van der Waals surface area contributed by atoms with Gasteiger partial charge in [-0.25, -0.2) is 0 Å². The molecule has 1 nitrogen and oxygen atoms in total. The lowest BCUT2D eigenvalue weighted by atomic mass is 10.1. The second-order valence-corrected chi connectivity index (χ2v) is 4.60. The molecule has 1 fully saturated rings. The molecule has 1 unspecified atom stereocenters. The van der Waals surface area contributed by atoms with Gasteiger partial charge in [-0.15, -0.1) is 0 Å². The number of hydrogen-bond donors (Lipinski definition) is 0. The van der Waals surface area contributed by atoms with Gasteiger partial charge in [-0.3, -0.25) is 0 Å². The molecule has 0 aromatic heterocycles. The van der Waals surface area contributed by atoms with E-state index in [0.717, 1.165) is 5.92 Å². The molecule has 1 atom stereocenters. The Balaban J connectivity index is 2.08. The predicted molar refractivity (Wildman–Crippen MR) is 58.2 cm³/mol. The number of allylic oxidation sites excluding steroid dienone is 5. The molecule has 0 aromatic carbocycles. The zero-order chi connectivity index (χ0) is 9.71. The van der Waals surface area contributed by atoms with E-state index in [9.17, 15) is 0 Å². The quantitative estimate of drug-likeness (QED) is 0.559. The summed E-state index contributed by atoms with van der Waals surface area (Å²) in [4.78, 5) is 2.30. The molecule has 0 aromatic rings. The van der Waals surface area contributed by atoms with Crippen molar-refractivity contribution in [1.82, 2.24) is 4.90 Å². The Morgan fingerprint density at radius 3 is 2.86 bits per heavy atom. The number of nitrogens with zero attached hydrogens (tertiary/aromatic N) is 1. The van der Waals surface area contributed by atoms with E-state index >= 15 is 0 Å². The minimum atomic E-state index is 0.850. The predicted octanol–water partition coefficient (Wildman–Crippen LogP) is 3.34. The van der Waals surface area contributed by atoms with Gasteiger partial charge in [0.05, 0.1) is 0 Å². The Morgan fingerprint density at radius 1 is 1.14 bits per heavy atom. The lowest BCUT2D eigenvalue weighted by Crippen LogP contribution is -2.11. The van der Waals surface area contributed by atoms with Gasteiger partial charge in [0.25, 0.3) is 0 Å². The fourth-order valence-electron chi connectivity index (χ4n) is 2.40. The van der Waals surface area contributed by atoms with Gasteiger partial charge >= 0.3 is 0 Å². The van der Waals surface area contributed by atoms with E-state index in [1.165, 1.54) is 29.7 Å². The maximum atomic E-state index is 2.30. The van der Waals surface area contributed by atoms with Crippen molar-refractivity contribution in [1.29, 1.82) is 0 Å². The van der Waals surface area contributed by atoms with Crippen LogP contribution in [0.2, 0.25) is 0 Å². The van der Waals surface area contributed by atoms with Crippen molar-refractivity contribution in [2.24, 2.45) is 5.92 Å². The molecular weight excluding hydrogens is 170 g/mol. The highest BCUT2D eigenvalue weighted by Crippen LogP contribution is 2.48. The molecule has 0 saturated heterocycles. The molecule has 0 N–H and O–H groups in total. The van der Waals surface area contributed by atoms with Crippen molar-refractivity contribution in [3.05, 3.63) is 47.0 Å². The van der Waals surface area contributed by atoms with Crippen LogP contribution < -0.4 is 0 Å². The van der Waals surface area contributed by atoms with E-state index in [2.05, 4.69) is 43.3 Å². The molecular formula is C13H15N. The lowest BCUT2D eigenvalue weighted by Gasteiger charge is -2.21. The maximum Gasteiger partial charge on any atom is 0.0444 e. The summed E-state index contributed by atoms with van der Waals surface area (Å²) in [5.74, 6) is 0.850. The largest absolute Gasteiger partial charge is 0.324 e. The summed E-state index contributed by atoms with van der Waals surface area (Å²) in [5.41, 5.74) is 5.91. The molecule has 1 aliphatic carbocycles. The molecule has 0 radical (unpaired) electrons. The Bertz CT molecular complexity index is 407. The molecule has 2 aliphatic heterocycles. The molecule has 0 amide bonds. The third kappa shape index (κ3) is 1.16. The summed E-state index contributed by atoms with van der Waals surface area (Å²) in [6, 6.07) is 0. The smallest absolute Gasteiger partial charge is 0.0444 e. The molecule has 0 bridgehead atoms. The van der Waals surface area contributed by atoms with Crippen LogP contribution in [0.25, 0.3) is 0 Å². The van der Waals surface area contributed by atoms with Crippen molar-refractivity contribution < 1.29 is 0 Å². The van der Waals surface area contributed by atoms with E-state index in [1.807, 2.05) is 0 Å². The van der Waals surface area contributed by atoms with E-state index in [4.69, 9.17) is 0 Å². The highest BCUT2D eigenvalue weighted by atomic mass is 15.1. The van der Waals surface area contributed by atoms with Crippen molar-refractivity contribution in [3.63, 3.8) is 0 Å². The second-order valence-electron chi connectivity index (χ2n) is 4.60. The molecule has 2 heterocycles. The summed E-state index contributed by atoms with van der Waals surface area (Å²) in [6.45, 7) is 4.39. The van der Waals surface area contributed by atoms with Gasteiger partial charge in [0.15, 0.2) is 0 Å². The van der Waals surface area contributed by atoms with Crippen molar-refractivity contribution in [3.8, 4) is 0 Å². The van der Waals surface area contributed by atoms with Crippen LogP contribution in [-0.4, -0.2) is 4.90 Å². The van der Waals surface area contributed by atoms with Crippen LogP contribution in [0, 0.1) is 5.92 Å². The van der Waals surface area contributed by atoms with Crippen LogP contribution in [0.4, 0.5) is 0 Å². The Morgan fingerprint density at radius 2 is 2.00 bits per heavy atom. The van der Waals surface area contributed by atoms with Crippen LogP contribution in [0.1, 0.15) is 26.7 Å². The number of rotatable bonds is 0. The first kappa shape index (κ1) is 8.10. The minimum Gasteiger partial charge on any atom is -0.324 e. The van der Waals surface area contributed by atoms with Crippen LogP contribution in [0.5, 0.6) is 0 Å². The van der Waals surface area contributed by atoms with Gasteiger partial charge < -0.3 is 4.90 Å². The summed E-state index contributed by atoms with van der Waals surface area (Å²) in [7, 11) is 0. The number of fused-ring (bicyclic) bond motifs is 2. The first-order valence-electron chi connectivity index (χ1n) is 5.29. The highest BCUT2D eigenvalue weighted by molar-refractivity contribution is 5.45. The summed E-state index contributed by atoms with van der Waals surface area (Å²) in [5, 5.41) is 0. The molecule has 1 heteroatoms. The van der Waals surface area contributed by atoms with E-state index in [1.54, 1.807) is 5.57 Å². The normalized spacial score (nSPS) is 29.0. The zero-order valence-electron chi connectivity index (χ0n) is 8.75. The van der Waals surface area contributed by atoms with Crippen molar-refractivity contribution in [2.45, 2.75) is 26.7 Å². The van der Waals surface area contributed by atoms with Crippen molar-refractivity contribution >= 4 is 0 Å². The van der Waals surface area contributed by atoms with Crippen LogP contribution in [-0.2, 0) is 0 Å². The first-order valence-corrected chi connectivity index (χ1v) is 5.29. The third-order valence-corrected chi connectivity index (χ3v) is 3.18. The van der Waals surface area contributed by atoms with Crippen LogP contribution in [0.15, 0.2) is 47.0 Å². The van der Waals surface area contributed by atoms with Gasteiger partial charge in [-0.2, -0.15) is 0 Å². The zero-order valence-corrected chi connectivity index (χ0v) is 8.75. The fraction of sp³-hybridized carbons (Fsp3) is 0.385. The Labute approximate surface area is 85.1 Å². The second kappa shape index (κ2) is 2.63. The Kier molecular flexibility index (Phi) is 1.52. The molecule has 3 rings (SSSR count). The fourth-order valence-corrected chi connectivity index (χ4v) is 2.40. The van der Waals surface area contributed by atoms with Crippen LogP contribution in [0.3, 0.4) is 0 Å². The van der Waals surface area contributed by atoms with Gasteiger partial charge in [0.2, 0.25) is 0 Å². The van der Waals surface area contributed by atoms with Gasteiger partial charge in [-0.1, -0.05) is 11.6 Å². The topological polar surface area (TPSA) is 3.24 Å². The SMILES string of the molecule is CC1=CN2C=C(C)CC3CC3=C2C=C1. The highest BCUT2D eigenvalue weighted by Gasteiger charge is 2.35. The molecule has 72 valence electrons. The van der Waals surface area contributed by atoms with Crippen LogP contribution >= 0.6 is 0 Å². The lowest BCUT2D eigenvalue weighted by molar-refractivity contribution is 0.630. The van der Waals surface area contributed by atoms with E-state index in [-0.39, 0.29) is 0 Å². The molecule has 3 aliphatic rings. The maximum absolute atomic E-state index is 2.30. The molecule has 14 heavy (non-hydrogen) atoms. The van der Waals surface area contributed by atoms with Gasteiger partial charge in [0.1, 0.15) is 0 Å². The Hall–Kier alpha value is -1.24. The van der Waals surface area contributed by atoms with E-state index in [0.29, 0.717) is 0 Å². The van der Waals surface area contributed by atoms with E-state index < -0.39 is 0 Å². The summed E-state index contributed by atoms with van der Waals surface area (Å²) in [6.07, 6.45) is 11.6. The minimum absolute atomic E-state index is 0.850. The number of hydrogen-bond acceptors (Lipinski definition) is 1. The van der Waals surface area contributed by atoms with Crippen molar-refractivity contribution in [2.75, 3.05) is 0 Å². The van der Waals surface area contributed by atoms with Gasteiger partial charge in [-0.05, 0) is 49.8 Å². The average molecular weight is 185 g/mol. The molecule has 1 saturated carbocycles.